The van der Waals surface area contributed by atoms with Crippen LogP contribution in [0.4, 0.5) is 5.69 Å². The second kappa shape index (κ2) is 10.5. The Bertz CT molecular complexity index is 1190. The zero-order valence-corrected chi connectivity index (χ0v) is 20.6. The molecule has 6 rings (SSSR count). The summed E-state index contributed by atoms with van der Waals surface area (Å²) in [5.74, 6) is 0.852. The maximum Gasteiger partial charge on any atom is 0.333 e. The van der Waals surface area contributed by atoms with Gasteiger partial charge in [-0.1, -0.05) is 60.7 Å². The molecule has 6 nitrogen and oxygen atoms in total. The fourth-order valence-corrected chi connectivity index (χ4v) is 5.61. The highest BCUT2D eigenvalue weighted by Gasteiger charge is 2.49. The van der Waals surface area contributed by atoms with Crippen molar-refractivity contribution in [2.45, 2.75) is 25.0 Å². The van der Waals surface area contributed by atoms with Crippen LogP contribution in [0.1, 0.15) is 34.8 Å². The van der Waals surface area contributed by atoms with Crippen molar-refractivity contribution in [1.82, 2.24) is 0 Å². The van der Waals surface area contributed by atoms with Crippen molar-refractivity contribution in [2.75, 3.05) is 38.6 Å². The van der Waals surface area contributed by atoms with E-state index < -0.39 is 6.04 Å². The van der Waals surface area contributed by atoms with Crippen LogP contribution in [-0.4, -0.2) is 55.6 Å². The van der Waals surface area contributed by atoms with Gasteiger partial charge in [0, 0.05) is 30.0 Å². The summed E-state index contributed by atoms with van der Waals surface area (Å²) in [5, 5.41) is 3.36. The number of ether oxygens (including phenoxy) is 2. The molecular formula is C30H33N2O4+. The van der Waals surface area contributed by atoms with E-state index in [1.807, 2.05) is 78.9 Å². The van der Waals surface area contributed by atoms with Crippen LogP contribution in [0.2, 0.25) is 0 Å². The summed E-state index contributed by atoms with van der Waals surface area (Å²) in [6.07, 6.45) is 1.73. The van der Waals surface area contributed by atoms with E-state index in [0.717, 1.165) is 37.2 Å². The number of para-hydroxylation sites is 1. The highest BCUT2D eigenvalue weighted by Crippen LogP contribution is 2.37. The predicted octanol–water partition coefficient (Wildman–Crippen LogP) is 4.88. The number of esters is 1. The monoisotopic (exact) mass is 485 g/mol. The first-order chi connectivity index (χ1) is 17.5. The van der Waals surface area contributed by atoms with Crippen LogP contribution >= 0.6 is 0 Å². The van der Waals surface area contributed by atoms with E-state index in [1.54, 1.807) is 13.2 Å². The number of anilines is 1. The molecule has 0 unspecified atom stereocenters. The number of fused-ring (bicyclic) bond motifs is 3. The molecule has 3 aliphatic heterocycles. The number of methoxy groups -OCH3 is 1. The van der Waals surface area contributed by atoms with Gasteiger partial charge in [-0.05, 0) is 29.8 Å². The Morgan fingerprint density at radius 2 is 1.64 bits per heavy atom. The fraction of sp³-hybridized carbons (Fsp3) is 0.333. The minimum atomic E-state index is -0.601. The van der Waals surface area contributed by atoms with Gasteiger partial charge < -0.3 is 19.3 Å². The van der Waals surface area contributed by atoms with E-state index in [-0.39, 0.29) is 17.9 Å². The van der Waals surface area contributed by atoms with Gasteiger partial charge in [-0.25, -0.2) is 4.79 Å². The lowest BCUT2D eigenvalue weighted by atomic mass is 9.82. The summed E-state index contributed by atoms with van der Waals surface area (Å²) < 4.78 is 12.2. The number of Topliss-reactive ketones (excluding diaryl/α,β-unsaturated/α-hetero) is 1. The zero-order valence-electron chi connectivity index (χ0n) is 20.6. The normalized spacial score (nSPS) is 23.5. The van der Waals surface area contributed by atoms with Gasteiger partial charge in [-0.3, -0.25) is 4.79 Å². The van der Waals surface area contributed by atoms with Crippen LogP contribution in [0, 0.1) is 5.92 Å². The number of ketones is 1. The molecule has 3 aromatic carbocycles. The lowest BCUT2D eigenvalue weighted by Gasteiger charge is -2.51. The lowest BCUT2D eigenvalue weighted by Crippen LogP contribution is -2.65. The van der Waals surface area contributed by atoms with Crippen molar-refractivity contribution in [3.8, 4) is 5.75 Å². The van der Waals surface area contributed by atoms with Crippen LogP contribution in [-0.2, 0) is 9.53 Å². The zero-order chi connectivity index (χ0) is 25.0. The number of rotatable bonds is 9. The van der Waals surface area contributed by atoms with Crippen molar-refractivity contribution in [3.05, 3.63) is 96.1 Å². The number of nitrogens with zero attached hydrogens (tertiary/aromatic N) is 1. The Hall–Kier alpha value is -3.64. The van der Waals surface area contributed by atoms with Gasteiger partial charge in [0.1, 0.15) is 18.8 Å². The average molecular weight is 486 g/mol. The van der Waals surface area contributed by atoms with Crippen molar-refractivity contribution in [3.63, 3.8) is 0 Å². The second-order valence-corrected chi connectivity index (χ2v) is 9.95. The van der Waals surface area contributed by atoms with E-state index in [1.165, 1.54) is 0 Å². The Morgan fingerprint density at radius 1 is 0.944 bits per heavy atom. The topological polar surface area (TPSA) is 64.6 Å². The molecule has 6 heteroatoms. The number of benzene rings is 3. The smallest absolute Gasteiger partial charge is 0.333 e. The van der Waals surface area contributed by atoms with Crippen LogP contribution < -0.4 is 10.1 Å². The largest absolute Gasteiger partial charge is 0.497 e. The van der Waals surface area contributed by atoms with Gasteiger partial charge >= 0.3 is 5.97 Å². The molecular weight excluding hydrogens is 452 g/mol. The van der Waals surface area contributed by atoms with E-state index in [0.29, 0.717) is 34.8 Å². The number of carbonyl (C=O) groups excluding carboxylic acids is 2. The van der Waals surface area contributed by atoms with Crippen LogP contribution in [0.25, 0.3) is 0 Å². The molecule has 1 N–H and O–H groups in total. The minimum Gasteiger partial charge on any atom is -0.497 e. The van der Waals surface area contributed by atoms with Gasteiger partial charge in [-0.15, -0.1) is 0 Å². The quantitative estimate of drug-likeness (QED) is 0.266. The van der Waals surface area contributed by atoms with Crippen molar-refractivity contribution in [2.24, 2.45) is 5.92 Å². The van der Waals surface area contributed by atoms with Crippen LogP contribution in [0.3, 0.4) is 0 Å². The van der Waals surface area contributed by atoms with Crippen LogP contribution in [0.5, 0.6) is 5.75 Å². The molecule has 0 radical (unpaired) electrons. The third kappa shape index (κ3) is 5.29. The van der Waals surface area contributed by atoms with Crippen molar-refractivity contribution < 1.29 is 23.5 Å². The summed E-state index contributed by atoms with van der Waals surface area (Å²) in [7, 11) is 1.61. The summed E-state index contributed by atoms with van der Waals surface area (Å²) in [4.78, 5) is 26.7. The number of quaternary nitrogens is 1. The van der Waals surface area contributed by atoms with Gasteiger partial charge in [-0.2, -0.15) is 0 Å². The third-order valence-electron chi connectivity index (χ3n) is 7.63. The number of hydrogen-bond donors (Lipinski definition) is 1. The molecule has 3 saturated heterocycles. The molecule has 186 valence electrons. The molecule has 36 heavy (non-hydrogen) atoms. The van der Waals surface area contributed by atoms with E-state index in [9.17, 15) is 9.59 Å². The molecule has 3 aliphatic rings. The molecule has 0 spiro atoms. The van der Waals surface area contributed by atoms with Gasteiger partial charge in [0.15, 0.2) is 12.1 Å². The fourth-order valence-electron chi connectivity index (χ4n) is 5.61. The molecule has 2 bridgehead atoms. The molecule has 0 amide bonds. The number of hydrogen-bond acceptors (Lipinski definition) is 5. The van der Waals surface area contributed by atoms with E-state index >= 15 is 0 Å². The summed E-state index contributed by atoms with van der Waals surface area (Å²) in [6.45, 7) is 2.98. The minimum absolute atomic E-state index is 0.104. The summed E-state index contributed by atoms with van der Waals surface area (Å²) in [6, 6.07) is 26.2. The Labute approximate surface area is 212 Å². The standard InChI is InChI=1S/C30H33N2O4/c1-35-26-14-8-11-24(19-26)27(33)20-32-17-15-22(16-18-32)28(21-32)36-30(34)29(23-9-4-2-5-10-23)31-25-12-6-3-7-13-25/h2-14,19,22,28-29,31H,15-18,20-21H2,1H3/q+1/t22?,28-,29+,32?/m0/s1. The Morgan fingerprint density at radius 3 is 2.33 bits per heavy atom. The average Bonchev–Trinajstić information content (AvgIpc) is 2.93. The highest BCUT2D eigenvalue weighted by molar-refractivity contribution is 5.97. The summed E-state index contributed by atoms with van der Waals surface area (Å²) in [5.41, 5.74) is 2.40. The SMILES string of the molecule is COc1cccc(C(=O)C[N+]23CCC(CC2)[C@@H](OC(=O)[C@H](Nc2ccccc2)c2ccccc2)C3)c1. The second-order valence-electron chi connectivity index (χ2n) is 9.95. The molecule has 0 saturated carbocycles. The molecule has 3 heterocycles. The molecule has 2 atom stereocenters. The highest BCUT2D eigenvalue weighted by atomic mass is 16.5. The first-order valence-electron chi connectivity index (χ1n) is 12.6. The molecule has 3 fully saturated rings. The lowest BCUT2D eigenvalue weighted by molar-refractivity contribution is -0.938. The Kier molecular flexibility index (Phi) is 7.05. The van der Waals surface area contributed by atoms with Crippen molar-refractivity contribution in [1.29, 1.82) is 0 Å². The number of nitrogens with one attached hydrogen (secondary N) is 1. The number of piperidine rings is 3. The first-order valence-corrected chi connectivity index (χ1v) is 12.6. The maximum atomic E-state index is 13.5. The predicted molar refractivity (Wildman–Crippen MR) is 139 cm³/mol. The van der Waals surface area contributed by atoms with Gasteiger partial charge in [0.05, 0.1) is 20.2 Å². The maximum absolute atomic E-state index is 13.5. The first kappa shape index (κ1) is 24.1. The van der Waals surface area contributed by atoms with E-state index in [4.69, 9.17) is 9.47 Å². The molecule has 0 aliphatic carbocycles. The Balaban J connectivity index is 1.30. The summed E-state index contributed by atoms with van der Waals surface area (Å²) >= 11 is 0. The molecule has 3 aromatic rings. The number of carbonyl (C=O) groups is 2. The van der Waals surface area contributed by atoms with Gasteiger partial charge in [0.25, 0.3) is 0 Å². The van der Waals surface area contributed by atoms with Crippen molar-refractivity contribution >= 4 is 17.4 Å². The van der Waals surface area contributed by atoms with E-state index in [2.05, 4.69) is 5.32 Å². The van der Waals surface area contributed by atoms with Crippen LogP contribution in [0.15, 0.2) is 84.9 Å². The third-order valence-corrected chi connectivity index (χ3v) is 7.63. The molecule has 0 aromatic heterocycles. The van der Waals surface area contributed by atoms with Gasteiger partial charge in [0.2, 0.25) is 5.78 Å².